The first kappa shape index (κ1) is 15.3. The second kappa shape index (κ2) is 5.45. The van der Waals surface area contributed by atoms with Crippen LogP contribution in [0.3, 0.4) is 0 Å². The van der Waals surface area contributed by atoms with Crippen LogP contribution in [0.4, 0.5) is 0 Å². The Bertz CT molecular complexity index is 337. The standard InChI is InChI=1S/C12H23ClO3S/c1-11(2,3)17(14,15)9-6-12(10-13)4-7-16-8-5-12/h4-10H2,1-3H3. The molecule has 0 aromatic carbocycles. The van der Waals surface area contributed by atoms with Crippen LogP contribution in [-0.2, 0) is 14.6 Å². The lowest BCUT2D eigenvalue weighted by atomic mass is 9.80. The third kappa shape index (κ3) is 3.83. The second-order valence-corrected chi connectivity index (χ2v) is 9.06. The van der Waals surface area contributed by atoms with Gasteiger partial charge in [0.25, 0.3) is 0 Å². The van der Waals surface area contributed by atoms with Crippen molar-refractivity contribution in [1.82, 2.24) is 0 Å². The Hall–Kier alpha value is 0.200. The first-order chi connectivity index (χ1) is 7.72. The highest BCUT2D eigenvalue weighted by Gasteiger charge is 2.36. The predicted molar refractivity (Wildman–Crippen MR) is 71.4 cm³/mol. The second-order valence-electron chi connectivity index (χ2n) is 5.93. The van der Waals surface area contributed by atoms with Crippen molar-refractivity contribution in [2.24, 2.45) is 5.41 Å². The number of rotatable bonds is 4. The molecule has 0 aliphatic carbocycles. The molecule has 1 aliphatic rings. The van der Waals surface area contributed by atoms with Gasteiger partial charge < -0.3 is 4.74 Å². The Balaban J connectivity index is 2.65. The monoisotopic (exact) mass is 282 g/mol. The molecule has 0 spiro atoms. The van der Waals surface area contributed by atoms with E-state index in [-0.39, 0.29) is 11.2 Å². The number of alkyl halides is 1. The van der Waals surface area contributed by atoms with Crippen molar-refractivity contribution in [3.63, 3.8) is 0 Å². The molecule has 0 bridgehead atoms. The van der Waals surface area contributed by atoms with E-state index in [9.17, 15) is 8.42 Å². The maximum Gasteiger partial charge on any atom is 0.155 e. The molecular weight excluding hydrogens is 260 g/mol. The fraction of sp³-hybridized carbons (Fsp3) is 1.00. The summed E-state index contributed by atoms with van der Waals surface area (Å²) < 4.78 is 28.8. The molecule has 1 heterocycles. The van der Waals surface area contributed by atoms with Gasteiger partial charge in [-0.3, -0.25) is 0 Å². The molecular formula is C12H23ClO3S. The molecule has 1 aliphatic heterocycles. The summed E-state index contributed by atoms with van der Waals surface area (Å²) in [4.78, 5) is 0. The van der Waals surface area contributed by atoms with E-state index in [0.717, 1.165) is 12.8 Å². The first-order valence-corrected chi connectivity index (χ1v) is 8.27. The number of sulfone groups is 1. The molecule has 1 fully saturated rings. The highest BCUT2D eigenvalue weighted by Crippen LogP contribution is 2.36. The molecule has 0 aromatic rings. The molecule has 3 nitrogen and oxygen atoms in total. The van der Waals surface area contributed by atoms with Gasteiger partial charge in [-0.25, -0.2) is 8.42 Å². The van der Waals surface area contributed by atoms with Gasteiger partial charge in [0.05, 0.1) is 10.5 Å². The van der Waals surface area contributed by atoms with Gasteiger partial charge in [0.2, 0.25) is 0 Å². The van der Waals surface area contributed by atoms with Crippen molar-refractivity contribution in [1.29, 1.82) is 0 Å². The topological polar surface area (TPSA) is 43.4 Å². The van der Waals surface area contributed by atoms with Crippen molar-refractivity contribution in [3.05, 3.63) is 0 Å². The largest absolute Gasteiger partial charge is 0.381 e. The summed E-state index contributed by atoms with van der Waals surface area (Å²) >= 11 is 6.03. The first-order valence-electron chi connectivity index (χ1n) is 6.08. The molecule has 1 saturated heterocycles. The third-order valence-electron chi connectivity index (χ3n) is 3.67. The van der Waals surface area contributed by atoms with Gasteiger partial charge in [0.1, 0.15) is 0 Å². The van der Waals surface area contributed by atoms with E-state index in [2.05, 4.69) is 0 Å². The lowest BCUT2D eigenvalue weighted by molar-refractivity contribution is 0.0241. The summed E-state index contributed by atoms with van der Waals surface area (Å²) in [5.41, 5.74) is -0.0435. The minimum absolute atomic E-state index is 0.0435. The average molecular weight is 283 g/mol. The molecule has 0 amide bonds. The Morgan fingerprint density at radius 1 is 1.24 bits per heavy atom. The van der Waals surface area contributed by atoms with Gasteiger partial charge in [0.15, 0.2) is 9.84 Å². The van der Waals surface area contributed by atoms with E-state index in [1.807, 2.05) is 0 Å². The molecule has 1 rings (SSSR count). The highest BCUT2D eigenvalue weighted by atomic mass is 35.5. The third-order valence-corrected chi connectivity index (χ3v) is 6.85. The highest BCUT2D eigenvalue weighted by molar-refractivity contribution is 7.92. The van der Waals surface area contributed by atoms with Crippen LogP contribution in [0.15, 0.2) is 0 Å². The minimum atomic E-state index is -3.04. The molecule has 0 saturated carbocycles. The molecule has 0 radical (unpaired) electrons. The average Bonchev–Trinajstić information content (AvgIpc) is 2.26. The molecule has 0 unspecified atom stereocenters. The Morgan fingerprint density at radius 2 is 1.76 bits per heavy atom. The summed E-state index contributed by atoms with van der Waals surface area (Å²) in [6.07, 6.45) is 2.39. The van der Waals surface area contributed by atoms with E-state index in [4.69, 9.17) is 16.3 Å². The van der Waals surface area contributed by atoms with E-state index >= 15 is 0 Å². The zero-order valence-corrected chi connectivity index (χ0v) is 12.5. The van der Waals surface area contributed by atoms with Crippen molar-refractivity contribution >= 4 is 21.4 Å². The summed E-state index contributed by atoms with van der Waals surface area (Å²) in [7, 11) is -3.04. The van der Waals surface area contributed by atoms with Gasteiger partial charge in [-0.05, 0) is 45.4 Å². The number of ether oxygens (including phenoxy) is 1. The summed E-state index contributed by atoms with van der Waals surface area (Å²) in [6.45, 7) is 6.64. The van der Waals surface area contributed by atoms with Crippen molar-refractivity contribution < 1.29 is 13.2 Å². The molecule has 0 aromatic heterocycles. The zero-order chi connectivity index (χ0) is 13.2. The van der Waals surface area contributed by atoms with Crippen LogP contribution in [0.2, 0.25) is 0 Å². The van der Waals surface area contributed by atoms with Crippen LogP contribution in [0.5, 0.6) is 0 Å². The molecule has 5 heteroatoms. The van der Waals surface area contributed by atoms with Crippen LogP contribution in [0.25, 0.3) is 0 Å². The van der Waals surface area contributed by atoms with Gasteiger partial charge in [-0.15, -0.1) is 11.6 Å². The molecule has 17 heavy (non-hydrogen) atoms. The van der Waals surface area contributed by atoms with E-state index in [1.165, 1.54) is 0 Å². The summed E-state index contributed by atoms with van der Waals surface area (Å²) in [6, 6.07) is 0. The van der Waals surface area contributed by atoms with Crippen LogP contribution in [0, 0.1) is 5.41 Å². The van der Waals surface area contributed by atoms with E-state index < -0.39 is 14.6 Å². The van der Waals surface area contributed by atoms with Crippen LogP contribution >= 0.6 is 11.6 Å². The van der Waals surface area contributed by atoms with E-state index in [1.54, 1.807) is 20.8 Å². The Morgan fingerprint density at radius 3 is 2.18 bits per heavy atom. The molecule has 0 atom stereocenters. The van der Waals surface area contributed by atoms with E-state index in [0.29, 0.717) is 25.5 Å². The molecule has 102 valence electrons. The zero-order valence-electron chi connectivity index (χ0n) is 11.0. The van der Waals surface area contributed by atoms with Crippen molar-refractivity contribution in [2.75, 3.05) is 24.8 Å². The lowest BCUT2D eigenvalue weighted by Crippen LogP contribution is -2.37. The van der Waals surface area contributed by atoms with Crippen LogP contribution in [0.1, 0.15) is 40.0 Å². The van der Waals surface area contributed by atoms with Crippen LogP contribution in [-0.4, -0.2) is 38.0 Å². The normalized spacial score (nSPS) is 21.4. The summed E-state index contributed by atoms with van der Waals surface area (Å²) in [5.74, 6) is 0.749. The number of hydrogen-bond acceptors (Lipinski definition) is 3. The minimum Gasteiger partial charge on any atom is -0.381 e. The molecule has 0 N–H and O–H groups in total. The quantitative estimate of drug-likeness (QED) is 0.745. The number of halogens is 1. The maximum atomic E-state index is 12.1. The van der Waals surface area contributed by atoms with Crippen LogP contribution < -0.4 is 0 Å². The smallest absolute Gasteiger partial charge is 0.155 e. The van der Waals surface area contributed by atoms with Crippen molar-refractivity contribution in [3.8, 4) is 0 Å². The van der Waals surface area contributed by atoms with Gasteiger partial charge in [-0.1, -0.05) is 0 Å². The number of hydrogen-bond donors (Lipinski definition) is 0. The van der Waals surface area contributed by atoms with Crippen molar-refractivity contribution in [2.45, 2.75) is 44.8 Å². The van der Waals surface area contributed by atoms with Gasteiger partial charge in [0, 0.05) is 19.1 Å². The summed E-state index contributed by atoms with van der Waals surface area (Å²) in [5, 5.41) is 0. The SMILES string of the molecule is CC(C)(C)S(=O)(=O)CCC1(CCl)CCOCC1. The fourth-order valence-electron chi connectivity index (χ4n) is 1.91. The lowest BCUT2D eigenvalue weighted by Gasteiger charge is -2.36. The predicted octanol–water partition coefficient (Wildman–Crippen LogP) is 2.63. The maximum absolute atomic E-state index is 12.1. The fourth-order valence-corrected chi connectivity index (χ4v) is 3.63. The van der Waals surface area contributed by atoms with Gasteiger partial charge in [-0.2, -0.15) is 0 Å². The van der Waals surface area contributed by atoms with Gasteiger partial charge >= 0.3 is 0 Å². The Labute approximate surface area is 110 Å². The Kier molecular flexibility index (Phi) is 4.89.